The average Bonchev–Trinajstić information content (AvgIpc) is 3.38. The summed E-state index contributed by atoms with van der Waals surface area (Å²) in [6, 6.07) is 5.40. The number of aromatic nitrogens is 8. The molecule has 4 aromatic rings. The van der Waals surface area contributed by atoms with Crippen LogP contribution < -0.4 is 5.32 Å². The zero-order valence-electron chi connectivity index (χ0n) is 18.9. The van der Waals surface area contributed by atoms with Crippen LogP contribution in [-0.2, 0) is 6.18 Å². The number of carbonyl (C=O) groups is 1. The van der Waals surface area contributed by atoms with Gasteiger partial charge in [-0.15, -0.1) is 5.10 Å². The van der Waals surface area contributed by atoms with Gasteiger partial charge in [-0.1, -0.05) is 6.07 Å². The SMILES string of the molecule is CC(CO)n1nnnc1-c1cccc(NC(=O)c2cc(-n3cnc(C4CC4)c3)c(C(F)(F)F)cn2)n1. The third-order valence-corrected chi connectivity index (χ3v) is 5.69. The number of anilines is 1. The standard InChI is InChI=1S/C22H20F3N9O2/c1-12(10-35)34-20(30-31-32-34)15-3-2-4-19(28-15)29-21(36)16-7-18(14(8-26-16)22(23,24)25)33-9-17(27-11-33)13-5-6-13/h2-4,7-9,11-13,35H,5-6,10H2,1H3,(H,28,29,36). The second-order valence-corrected chi connectivity index (χ2v) is 8.41. The van der Waals surface area contributed by atoms with Crippen molar-refractivity contribution < 1.29 is 23.1 Å². The Morgan fingerprint density at radius 1 is 1.28 bits per heavy atom. The molecule has 1 amide bonds. The maximum absolute atomic E-state index is 13.7. The third-order valence-electron chi connectivity index (χ3n) is 5.69. The molecule has 0 radical (unpaired) electrons. The van der Waals surface area contributed by atoms with E-state index in [0.29, 0.717) is 17.6 Å². The highest BCUT2D eigenvalue weighted by Gasteiger charge is 2.36. The van der Waals surface area contributed by atoms with Crippen LogP contribution in [0.1, 0.15) is 53.5 Å². The quantitative estimate of drug-likeness (QED) is 0.396. The Hall–Kier alpha value is -4.20. The molecule has 1 aliphatic carbocycles. The second kappa shape index (κ2) is 9.11. The number of nitrogens with one attached hydrogen (secondary N) is 1. The zero-order valence-corrected chi connectivity index (χ0v) is 18.9. The number of hydrogen-bond acceptors (Lipinski definition) is 8. The van der Waals surface area contributed by atoms with Gasteiger partial charge in [0, 0.05) is 18.3 Å². The van der Waals surface area contributed by atoms with Crippen LogP contribution in [0.25, 0.3) is 17.2 Å². The number of alkyl halides is 3. The van der Waals surface area contributed by atoms with Crippen molar-refractivity contribution in [1.82, 2.24) is 39.7 Å². The number of aliphatic hydroxyl groups is 1. The van der Waals surface area contributed by atoms with Crippen LogP contribution in [0.15, 0.2) is 43.0 Å². The minimum Gasteiger partial charge on any atom is -0.394 e. The van der Waals surface area contributed by atoms with Crippen LogP contribution in [0.3, 0.4) is 0 Å². The predicted molar refractivity (Wildman–Crippen MR) is 119 cm³/mol. The highest BCUT2D eigenvalue weighted by atomic mass is 19.4. The van der Waals surface area contributed by atoms with Crippen molar-refractivity contribution in [2.75, 3.05) is 11.9 Å². The van der Waals surface area contributed by atoms with Gasteiger partial charge >= 0.3 is 6.18 Å². The van der Waals surface area contributed by atoms with E-state index in [1.807, 2.05) is 0 Å². The molecule has 1 saturated carbocycles. The number of aliphatic hydroxyl groups excluding tert-OH is 1. The first-order valence-electron chi connectivity index (χ1n) is 11.0. The summed E-state index contributed by atoms with van der Waals surface area (Å²) < 4.78 is 43.6. The Morgan fingerprint density at radius 3 is 2.81 bits per heavy atom. The van der Waals surface area contributed by atoms with Crippen LogP contribution in [0.4, 0.5) is 19.0 Å². The molecule has 1 unspecified atom stereocenters. The molecule has 0 saturated heterocycles. The maximum atomic E-state index is 13.7. The number of hydrogen-bond donors (Lipinski definition) is 2. The number of carbonyl (C=O) groups excluding carboxylic acids is 1. The van der Waals surface area contributed by atoms with E-state index in [9.17, 15) is 23.1 Å². The number of imidazole rings is 1. The lowest BCUT2D eigenvalue weighted by atomic mass is 10.2. The Kier molecular flexibility index (Phi) is 5.96. The molecule has 5 rings (SSSR count). The van der Waals surface area contributed by atoms with Crippen LogP contribution >= 0.6 is 0 Å². The van der Waals surface area contributed by atoms with E-state index in [1.54, 1.807) is 25.3 Å². The highest BCUT2D eigenvalue weighted by Crippen LogP contribution is 2.40. The van der Waals surface area contributed by atoms with E-state index in [4.69, 9.17) is 0 Å². The lowest BCUT2D eigenvalue weighted by molar-refractivity contribution is -0.137. The number of tetrazole rings is 1. The minimum atomic E-state index is -4.67. The molecular weight excluding hydrogens is 479 g/mol. The topological polar surface area (TPSA) is 137 Å². The van der Waals surface area contributed by atoms with Gasteiger partial charge in [0.1, 0.15) is 17.2 Å². The number of pyridine rings is 2. The Balaban J connectivity index is 1.43. The van der Waals surface area contributed by atoms with Crippen LogP contribution in [0, 0.1) is 0 Å². The molecule has 4 heterocycles. The molecule has 0 bridgehead atoms. The summed E-state index contributed by atoms with van der Waals surface area (Å²) in [7, 11) is 0. The van der Waals surface area contributed by atoms with E-state index in [1.165, 1.54) is 21.6 Å². The molecule has 1 fully saturated rings. The smallest absolute Gasteiger partial charge is 0.394 e. The molecule has 0 aliphatic heterocycles. The largest absolute Gasteiger partial charge is 0.419 e. The van der Waals surface area contributed by atoms with Gasteiger partial charge in [-0.05, 0) is 48.4 Å². The Bertz CT molecular complexity index is 1410. The van der Waals surface area contributed by atoms with Crippen molar-refractivity contribution in [1.29, 1.82) is 0 Å². The first kappa shape index (κ1) is 23.5. The van der Waals surface area contributed by atoms with Crippen LogP contribution in [0.5, 0.6) is 0 Å². The van der Waals surface area contributed by atoms with Crippen molar-refractivity contribution in [3.63, 3.8) is 0 Å². The van der Waals surface area contributed by atoms with Crippen molar-refractivity contribution in [3.8, 4) is 17.2 Å². The maximum Gasteiger partial charge on any atom is 0.419 e. The Morgan fingerprint density at radius 2 is 2.08 bits per heavy atom. The van der Waals surface area contributed by atoms with E-state index >= 15 is 0 Å². The predicted octanol–water partition coefficient (Wildman–Crippen LogP) is 3.02. The fourth-order valence-corrected chi connectivity index (χ4v) is 3.61. The lowest BCUT2D eigenvalue weighted by Gasteiger charge is -2.14. The van der Waals surface area contributed by atoms with Crippen LogP contribution in [-0.4, -0.2) is 57.3 Å². The van der Waals surface area contributed by atoms with Gasteiger partial charge < -0.3 is 15.0 Å². The van der Waals surface area contributed by atoms with Gasteiger partial charge in [0.15, 0.2) is 0 Å². The highest BCUT2D eigenvalue weighted by molar-refractivity contribution is 6.02. The molecular formula is C22H20F3N9O2. The van der Waals surface area contributed by atoms with E-state index in [2.05, 4.69) is 35.8 Å². The summed E-state index contributed by atoms with van der Waals surface area (Å²) >= 11 is 0. The summed E-state index contributed by atoms with van der Waals surface area (Å²) in [5.74, 6) is -0.106. The van der Waals surface area contributed by atoms with E-state index in [0.717, 1.165) is 18.9 Å². The number of rotatable bonds is 7. The van der Waals surface area contributed by atoms with Crippen molar-refractivity contribution in [2.45, 2.75) is 37.9 Å². The average molecular weight is 499 g/mol. The molecule has 186 valence electrons. The van der Waals surface area contributed by atoms with Gasteiger partial charge in [-0.3, -0.25) is 9.78 Å². The molecule has 0 aromatic carbocycles. The van der Waals surface area contributed by atoms with Gasteiger partial charge in [0.25, 0.3) is 5.91 Å². The monoisotopic (exact) mass is 499 g/mol. The third kappa shape index (κ3) is 4.66. The summed E-state index contributed by atoms with van der Waals surface area (Å²) in [6.07, 6.45) is 0.715. The second-order valence-electron chi connectivity index (χ2n) is 8.41. The molecule has 14 heteroatoms. The molecule has 11 nitrogen and oxygen atoms in total. The summed E-state index contributed by atoms with van der Waals surface area (Å²) in [4.78, 5) is 25.2. The number of nitrogens with zero attached hydrogens (tertiary/aromatic N) is 8. The first-order chi connectivity index (χ1) is 17.2. The summed E-state index contributed by atoms with van der Waals surface area (Å²) in [6.45, 7) is 1.52. The van der Waals surface area contributed by atoms with Gasteiger partial charge in [0.05, 0.1) is 35.9 Å². The number of amides is 1. The number of halogens is 3. The summed E-state index contributed by atoms with van der Waals surface area (Å²) in [5, 5.41) is 23.3. The van der Waals surface area contributed by atoms with Crippen LogP contribution in [0.2, 0.25) is 0 Å². The van der Waals surface area contributed by atoms with E-state index < -0.39 is 23.7 Å². The fraction of sp³-hybridized carbons (Fsp3) is 0.318. The fourth-order valence-electron chi connectivity index (χ4n) is 3.61. The molecule has 36 heavy (non-hydrogen) atoms. The zero-order chi connectivity index (χ0) is 25.4. The van der Waals surface area contributed by atoms with Crippen molar-refractivity contribution in [2.24, 2.45) is 0 Å². The molecule has 0 spiro atoms. The molecule has 1 atom stereocenters. The lowest BCUT2D eigenvalue weighted by Crippen LogP contribution is -2.18. The van der Waals surface area contributed by atoms with Crippen molar-refractivity contribution >= 4 is 11.7 Å². The van der Waals surface area contributed by atoms with Gasteiger partial charge in [-0.25, -0.2) is 14.6 Å². The van der Waals surface area contributed by atoms with Gasteiger partial charge in [0.2, 0.25) is 5.82 Å². The minimum absolute atomic E-state index is 0.116. The molecule has 4 aromatic heterocycles. The molecule has 2 N–H and O–H groups in total. The Labute approximate surface area is 202 Å². The van der Waals surface area contributed by atoms with Gasteiger partial charge in [-0.2, -0.15) is 13.2 Å². The normalized spacial score (nSPS) is 14.6. The first-order valence-corrected chi connectivity index (χ1v) is 11.0. The molecule has 1 aliphatic rings. The summed E-state index contributed by atoms with van der Waals surface area (Å²) in [5.41, 5.74) is -0.426. The van der Waals surface area contributed by atoms with Crippen molar-refractivity contribution in [3.05, 3.63) is 59.9 Å². The van der Waals surface area contributed by atoms with E-state index in [-0.39, 0.29) is 35.5 Å².